The number of likely N-dealkylation sites (tertiary alicyclic amines) is 1. The Morgan fingerprint density at radius 1 is 1.11 bits per heavy atom. The molecule has 8 heteroatoms. The van der Waals surface area contributed by atoms with Gasteiger partial charge in [0, 0.05) is 43.1 Å². The van der Waals surface area contributed by atoms with E-state index in [2.05, 4.69) is 5.32 Å². The van der Waals surface area contributed by atoms with Crippen LogP contribution in [0.2, 0.25) is 0 Å². The first-order chi connectivity index (χ1) is 17.8. The van der Waals surface area contributed by atoms with Gasteiger partial charge in [0.25, 0.3) is 0 Å². The van der Waals surface area contributed by atoms with E-state index in [-0.39, 0.29) is 30.3 Å². The predicted molar refractivity (Wildman–Crippen MR) is 141 cm³/mol. The second-order valence-corrected chi connectivity index (χ2v) is 10.5. The Kier molecular flexibility index (Phi) is 8.71. The number of nitrogens with two attached hydrogens (primary N) is 1. The van der Waals surface area contributed by atoms with Crippen LogP contribution < -0.4 is 15.8 Å². The zero-order valence-corrected chi connectivity index (χ0v) is 21.6. The van der Waals surface area contributed by atoms with Gasteiger partial charge in [-0.2, -0.15) is 0 Å². The topological polar surface area (TPSA) is 125 Å². The predicted octanol–water partition coefficient (Wildman–Crippen LogP) is 4.39. The maximum absolute atomic E-state index is 13.3. The van der Waals surface area contributed by atoms with Gasteiger partial charge in [-0.05, 0) is 69.6 Å². The third-order valence-corrected chi connectivity index (χ3v) is 7.91. The quantitative estimate of drug-likeness (QED) is 0.372. The number of amides is 2. The van der Waals surface area contributed by atoms with Gasteiger partial charge in [-0.3, -0.25) is 4.79 Å². The summed E-state index contributed by atoms with van der Waals surface area (Å²) < 4.78 is 6.33. The van der Waals surface area contributed by atoms with Gasteiger partial charge in [0.2, 0.25) is 5.91 Å². The molecule has 5 N–H and O–H groups in total. The van der Waals surface area contributed by atoms with Gasteiger partial charge < -0.3 is 30.9 Å². The summed E-state index contributed by atoms with van der Waals surface area (Å²) in [6, 6.07) is 15.3. The Bertz CT molecular complexity index is 1090. The molecule has 4 unspecified atom stereocenters. The minimum Gasteiger partial charge on any atom is -0.465 e. The number of aliphatic hydroxyl groups is 1. The molecule has 1 aliphatic heterocycles. The first kappa shape index (κ1) is 26.9. The van der Waals surface area contributed by atoms with Gasteiger partial charge in [-0.1, -0.05) is 36.4 Å². The van der Waals surface area contributed by atoms with E-state index >= 15 is 0 Å². The van der Waals surface area contributed by atoms with E-state index in [1.165, 1.54) is 0 Å². The summed E-state index contributed by atoms with van der Waals surface area (Å²) in [4.78, 5) is 26.2. The van der Waals surface area contributed by atoms with Crippen LogP contribution in [0.4, 0.5) is 4.79 Å². The number of carbonyl (C=O) groups is 2. The molecular weight excluding hydrogens is 470 g/mol. The number of para-hydroxylation sites is 2. The molecule has 1 saturated heterocycles. The Balaban J connectivity index is 1.61. The highest BCUT2D eigenvalue weighted by Crippen LogP contribution is 2.44. The van der Waals surface area contributed by atoms with Gasteiger partial charge in [0.15, 0.2) is 0 Å². The van der Waals surface area contributed by atoms with E-state index < -0.39 is 11.7 Å². The molecule has 0 aromatic heterocycles. The fourth-order valence-electron chi connectivity index (χ4n) is 5.88. The van der Waals surface area contributed by atoms with Crippen molar-refractivity contribution in [3.8, 4) is 11.5 Å². The Morgan fingerprint density at radius 2 is 1.84 bits per heavy atom. The molecule has 4 atom stereocenters. The van der Waals surface area contributed by atoms with E-state index in [9.17, 15) is 14.7 Å². The van der Waals surface area contributed by atoms with Crippen molar-refractivity contribution in [3.05, 3.63) is 59.7 Å². The maximum Gasteiger partial charge on any atom is 0.404 e. The second-order valence-electron chi connectivity index (χ2n) is 10.5. The van der Waals surface area contributed by atoms with Gasteiger partial charge in [0.05, 0.1) is 5.60 Å². The summed E-state index contributed by atoms with van der Waals surface area (Å²) in [6.45, 7) is 3.33. The van der Waals surface area contributed by atoms with Crippen LogP contribution in [-0.2, 0) is 10.4 Å². The van der Waals surface area contributed by atoms with Crippen LogP contribution >= 0.6 is 0 Å². The molecule has 2 aromatic rings. The number of hydrogen-bond acceptors (Lipinski definition) is 5. The van der Waals surface area contributed by atoms with Crippen LogP contribution in [0.25, 0.3) is 0 Å². The minimum atomic E-state index is -1.30. The lowest BCUT2D eigenvalue weighted by atomic mass is 9.73. The number of carboxylic acid groups (broad SMARTS) is 1. The number of rotatable bonds is 9. The smallest absolute Gasteiger partial charge is 0.404 e. The molecule has 1 aliphatic carbocycles. The molecule has 200 valence electrons. The van der Waals surface area contributed by atoms with Crippen LogP contribution in [0.1, 0.15) is 56.1 Å². The van der Waals surface area contributed by atoms with E-state index in [0.29, 0.717) is 43.0 Å². The van der Waals surface area contributed by atoms with Crippen molar-refractivity contribution >= 4 is 12.0 Å². The fraction of sp³-hybridized carbons (Fsp3) is 0.517. The Hall–Kier alpha value is -3.10. The number of hydrogen-bond donors (Lipinski definition) is 4. The molecule has 0 radical (unpaired) electrons. The number of nitrogens with zero attached hydrogens (tertiary/aromatic N) is 1. The molecule has 0 bridgehead atoms. The highest BCUT2D eigenvalue weighted by atomic mass is 16.5. The van der Waals surface area contributed by atoms with E-state index in [1.807, 2.05) is 60.4 Å². The molecule has 1 saturated carbocycles. The normalized spacial score (nSPS) is 23.3. The second kappa shape index (κ2) is 12.0. The van der Waals surface area contributed by atoms with Crippen molar-refractivity contribution in [1.82, 2.24) is 10.2 Å². The number of benzene rings is 2. The van der Waals surface area contributed by atoms with Crippen molar-refractivity contribution in [2.75, 3.05) is 19.6 Å². The molecule has 37 heavy (non-hydrogen) atoms. The zero-order valence-electron chi connectivity index (χ0n) is 21.6. The Morgan fingerprint density at radius 3 is 2.54 bits per heavy atom. The third-order valence-electron chi connectivity index (χ3n) is 7.91. The molecule has 1 heterocycles. The van der Waals surface area contributed by atoms with Gasteiger partial charge in [-0.15, -0.1) is 0 Å². The van der Waals surface area contributed by atoms with Gasteiger partial charge >= 0.3 is 6.09 Å². The van der Waals surface area contributed by atoms with Crippen molar-refractivity contribution in [2.24, 2.45) is 17.6 Å². The van der Waals surface area contributed by atoms with E-state index in [1.54, 1.807) is 0 Å². The molecule has 2 aliphatic rings. The van der Waals surface area contributed by atoms with Crippen LogP contribution in [0.15, 0.2) is 48.5 Å². The summed E-state index contributed by atoms with van der Waals surface area (Å²) in [5.74, 6) is 1.15. The van der Waals surface area contributed by atoms with E-state index in [4.69, 9.17) is 15.6 Å². The van der Waals surface area contributed by atoms with Gasteiger partial charge in [-0.25, -0.2) is 4.79 Å². The van der Waals surface area contributed by atoms with E-state index in [0.717, 1.165) is 37.7 Å². The number of piperidine rings is 1. The highest BCUT2D eigenvalue weighted by molar-refractivity contribution is 5.79. The van der Waals surface area contributed by atoms with Crippen molar-refractivity contribution in [1.29, 1.82) is 0 Å². The number of nitrogens with one attached hydrogen (secondary N) is 1. The van der Waals surface area contributed by atoms with Crippen LogP contribution in [-0.4, -0.2) is 52.8 Å². The number of carbonyl (C=O) groups excluding carboxylic acids is 1. The summed E-state index contributed by atoms with van der Waals surface area (Å²) in [6.07, 6.45) is 3.67. The fourth-order valence-corrected chi connectivity index (χ4v) is 5.88. The van der Waals surface area contributed by atoms with Crippen molar-refractivity contribution in [3.63, 3.8) is 0 Å². The monoisotopic (exact) mass is 509 g/mol. The molecular formula is C29H39N3O5. The summed E-state index contributed by atoms with van der Waals surface area (Å²) in [5.41, 5.74) is 6.42. The first-order valence-electron chi connectivity index (χ1n) is 13.3. The molecule has 8 nitrogen and oxygen atoms in total. The lowest BCUT2D eigenvalue weighted by molar-refractivity contribution is -0.141. The Labute approximate surface area is 218 Å². The lowest BCUT2D eigenvalue weighted by Crippen LogP contribution is -2.49. The SMILES string of the molecule is Cc1ccccc1Oc1ccccc1C(O)(CCCNC(=O)O)C1CCCN(C(=O)C2CCC(N)C2)C1. The number of aryl methyl sites for hydroxylation is 1. The number of ether oxygens (including phenoxy) is 1. The average Bonchev–Trinajstić information content (AvgIpc) is 3.34. The summed E-state index contributed by atoms with van der Waals surface area (Å²) in [7, 11) is 0. The molecule has 2 fully saturated rings. The minimum absolute atomic E-state index is 0.0433. The molecule has 2 amide bonds. The summed E-state index contributed by atoms with van der Waals surface area (Å²) in [5, 5.41) is 23.8. The molecule has 0 spiro atoms. The molecule has 4 rings (SSSR count). The zero-order chi connectivity index (χ0) is 26.4. The van der Waals surface area contributed by atoms with Crippen LogP contribution in [0.5, 0.6) is 11.5 Å². The maximum atomic E-state index is 13.3. The first-order valence-corrected chi connectivity index (χ1v) is 13.3. The third kappa shape index (κ3) is 6.43. The molecule has 2 aromatic carbocycles. The standard InChI is InChI=1S/C29H39N3O5/c1-20-8-2-4-11-25(20)37-26-12-5-3-10-24(26)29(36,15-7-16-31-28(34)35)22-9-6-17-32(19-22)27(33)21-13-14-23(30)18-21/h2-5,8,10-12,21-23,31,36H,6-7,9,13-19,30H2,1H3,(H,34,35). The van der Waals surface area contributed by atoms with Crippen molar-refractivity contribution in [2.45, 2.75) is 63.5 Å². The van der Waals surface area contributed by atoms with Crippen LogP contribution in [0.3, 0.4) is 0 Å². The lowest BCUT2D eigenvalue weighted by Gasteiger charge is -2.44. The van der Waals surface area contributed by atoms with Gasteiger partial charge in [0.1, 0.15) is 11.5 Å². The van der Waals surface area contributed by atoms with Crippen LogP contribution in [0, 0.1) is 18.8 Å². The average molecular weight is 510 g/mol. The summed E-state index contributed by atoms with van der Waals surface area (Å²) >= 11 is 0. The largest absolute Gasteiger partial charge is 0.465 e. The van der Waals surface area contributed by atoms with Crippen molar-refractivity contribution < 1.29 is 24.5 Å². The highest BCUT2D eigenvalue weighted by Gasteiger charge is 2.44.